The van der Waals surface area contributed by atoms with Crippen LogP contribution in [-0.2, 0) is 0 Å². The van der Waals surface area contributed by atoms with E-state index in [1.807, 2.05) is 0 Å². The summed E-state index contributed by atoms with van der Waals surface area (Å²) < 4.78 is 4.83. The van der Waals surface area contributed by atoms with Gasteiger partial charge in [-0.25, -0.2) is 5.43 Å². The molecule has 0 radical (unpaired) electrons. The summed E-state index contributed by atoms with van der Waals surface area (Å²) in [5.74, 6) is -1.08. The monoisotopic (exact) mass is 315 g/mol. The highest BCUT2D eigenvalue weighted by atomic mass is 16.6. The molecule has 0 spiro atoms. The average Bonchev–Trinajstić information content (AvgIpc) is 2.56. The summed E-state index contributed by atoms with van der Waals surface area (Å²) >= 11 is 0. The van der Waals surface area contributed by atoms with Crippen molar-refractivity contribution in [3.63, 3.8) is 0 Å². The third-order valence-corrected chi connectivity index (χ3v) is 2.93. The van der Waals surface area contributed by atoms with Crippen molar-refractivity contribution in [2.45, 2.75) is 0 Å². The lowest BCUT2D eigenvalue weighted by molar-refractivity contribution is -0.386. The second-order valence-corrected chi connectivity index (χ2v) is 4.38. The molecular formula is C15H13N3O5. The van der Waals surface area contributed by atoms with Crippen molar-refractivity contribution in [3.05, 3.63) is 63.7 Å². The van der Waals surface area contributed by atoms with Crippen LogP contribution in [0.3, 0.4) is 0 Å². The molecule has 2 N–H and O–H groups in total. The summed E-state index contributed by atoms with van der Waals surface area (Å²) in [6, 6.07) is 10.9. The number of hydrogen-bond donors (Lipinski definition) is 2. The maximum Gasteiger partial charge on any atom is 0.323 e. The number of phenolic OH excluding ortho intramolecular Hbond substituents is 1. The molecule has 0 saturated carbocycles. The van der Waals surface area contributed by atoms with Gasteiger partial charge in [-0.1, -0.05) is 18.2 Å². The highest BCUT2D eigenvalue weighted by Gasteiger charge is 2.23. The Morgan fingerprint density at radius 2 is 2.00 bits per heavy atom. The third kappa shape index (κ3) is 3.62. The van der Waals surface area contributed by atoms with Crippen LogP contribution in [-0.4, -0.2) is 29.3 Å². The molecule has 2 rings (SSSR count). The predicted molar refractivity (Wildman–Crippen MR) is 82.8 cm³/mol. The van der Waals surface area contributed by atoms with E-state index in [2.05, 4.69) is 10.5 Å². The molecule has 1 amide bonds. The molecule has 0 aliphatic rings. The Kier molecular flexibility index (Phi) is 4.88. The molecule has 0 aliphatic heterocycles. The zero-order chi connectivity index (χ0) is 16.8. The zero-order valence-electron chi connectivity index (χ0n) is 12.1. The Morgan fingerprint density at radius 1 is 1.30 bits per heavy atom. The van der Waals surface area contributed by atoms with E-state index in [-0.39, 0.29) is 17.1 Å². The average molecular weight is 315 g/mol. The largest absolute Gasteiger partial charge is 0.504 e. The topological polar surface area (TPSA) is 114 Å². The van der Waals surface area contributed by atoms with E-state index in [0.717, 1.165) is 6.21 Å². The lowest BCUT2D eigenvalue weighted by atomic mass is 10.1. The van der Waals surface area contributed by atoms with Crippen LogP contribution < -0.4 is 10.2 Å². The number of nitro groups is 1. The highest BCUT2D eigenvalue weighted by molar-refractivity contribution is 5.95. The van der Waals surface area contributed by atoms with Crippen LogP contribution in [0.4, 0.5) is 5.69 Å². The maximum absolute atomic E-state index is 11.8. The standard InChI is InChI=1S/C15H13N3O5/c1-23-14-12(19)8-7-11(13(14)18(21)22)9-16-17-15(20)10-5-3-2-4-6-10/h2-9,19H,1H3,(H,17,20)/b16-9+. The molecule has 0 bridgehead atoms. The van der Waals surface area contributed by atoms with E-state index in [9.17, 15) is 20.0 Å². The Labute approximate surface area is 131 Å². The number of ether oxygens (including phenoxy) is 1. The van der Waals surface area contributed by atoms with Crippen LogP contribution in [0.1, 0.15) is 15.9 Å². The molecule has 2 aromatic carbocycles. The molecule has 2 aromatic rings. The fraction of sp³-hybridized carbons (Fsp3) is 0.0667. The fourth-order valence-corrected chi connectivity index (χ4v) is 1.88. The molecule has 0 fully saturated rings. The Bertz CT molecular complexity index is 759. The van der Waals surface area contributed by atoms with Gasteiger partial charge in [0.05, 0.1) is 23.8 Å². The molecule has 8 heteroatoms. The van der Waals surface area contributed by atoms with Crippen LogP contribution in [0.15, 0.2) is 47.6 Å². The smallest absolute Gasteiger partial charge is 0.323 e. The number of nitrogens with zero attached hydrogens (tertiary/aromatic N) is 2. The summed E-state index contributed by atoms with van der Waals surface area (Å²) in [5, 5.41) is 24.4. The molecule has 23 heavy (non-hydrogen) atoms. The van der Waals surface area contributed by atoms with E-state index in [4.69, 9.17) is 4.74 Å². The number of nitrogens with one attached hydrogen (secondary N) is 1. The number of amides is 1. The number of hydrazone groups is 1. The zero-order valence-corrected chi connectivity index (χ0v) is 12.1. The molecule has 0 heterocycles. The molecule has 0 atom stereocenters. The molecule has 0 unspecified atom stereocenters. The molecule has 0 aromatic heterocycles. The van der Waals surface area contributed by atoms with Crippen LogP contribution in [0.5, 0.6) is 11.5 Å². The van der Waals surface area contributed by atoms with Crippen molar-refractivity contribution < 1.29 is 19.6 Å². The fourth-order valence-electron chi connectivity index (χ4n) is 1.88. The normalized spacial score (nSPS) is 10.5. The van der Waals surface area contributed by atoms with Crippen molar-refractivity contribution in [3.8, 4) is 11.5 Å². The summed E-state index contributed by atoms with van der Waals surface area (Å²) in [6.07, 6.45) is 1.11. The van der Waals surface area contributed by atoms with Gasteiger partial charge in [-0.05, 0) is 24.3 Å². The van der Waals surface area contributed by atoms with Crippen LogP contribution in [0.2, 0.25) is 0 Å². The van der Waals surface area contributed by atoms with Gasteiger partial charge in [-0.15, -0.1) is 0 Å². The molecule has 0 saturated heterocycles. The first-order valence-corrected chi connectivity index (χ1v) is 6.47. The number of carbonyl (C=O) groups excluding carboxylic acids is 1. The van der Waals surface area contributed by atoms with Crippen molar-refractivity contribution in [1.29, 1.82) is 0 Å². The van der Waals surface area contributed by atoms with Crippen molar-refractivity contribution in [2.75, 3.05) is 7.11 Å². The van der Waals surface area contributed by atoms with E-state index in [1.165, 1.54) is 19.2 Å². The van der Waals surface area contributed by atoms with Gasteiger partial charge in [-0.3, -0.25) is 14.9 Å². The van der Waals surface area contributed by atoms with Gasteiger partial charge >= 0.3 is 5.69 Å². The first-order chi connectivity index (χ1) is 11.0. The summed E-state index contributed by atoms with van der Waals surface area (Å²) in [6.45, 7) is 0. The highest BCUT2D eigenvalue weighted by Crippen LogP contribution is 2.37. The number of methoxy groups -OCH3 is 1. The number of benzene rings is 2. The number of nitro benzene ring substituents is 1. The van der Waals surface area contributed by atoms with Gasteiger partial charge in [-0.2, -0.15) is 5.10 Å². The first kappa shape index (κ1) is 16.0. The summed E-state index contributed by atoms with van der Waals surface area (Å²) in [7, 11) is 1.21. The third-order valence-electron chi connectivity index (χ3n) is 2.93. The van der Waals surface area contributed by atoms with Gasteiger partial charge in [0.1, 0.15) is 0 Å². The number of aromatic hydroxyl groups is 1. The Hall–Kier alpha value is -3.42. The SMILES string of the molecule is COc1c(O)ccc(/C=N/NC(=O)c2ccccc2)c1[N+](=O)[O-]. The lowest BCUT2D eigenvalue weighted by Crippen LogP contribution is -2.17. The van der Waals surface area contributed by atoms with E-state index >= 15 is 0 Å². The second kappa shape index (κ2) is 7.03. The van der Waals surface area contributed by atoms with Crippen molar-refractivity contribution in [1.82, 2.24) is 5.43 Å². The van der Waals surface area contributed by atoms with E-state index < -0.39 is 16.5 Å². The molecule has 8 nitrogen and oxygen atoms in total. The van der Waals surface area contributed by atoms with Crippen LogP contribution >= 0.6 is 0 Å². The minimum absolute atomic E-state index is 0.0815. The number of phenols is 1. The summed E-state index contributed by atoms with van der Waals surface area (Å²) in [5.41, 5.74) is 2.32. The van der Waals surface area contributed by atoms with Gasteiger partial charge < -0.3 is 9.84 Å². The first-order valence-electron chi connectivity index (χ1n) is 6.47. The van der Waals surface area contributed by atoms with Crippen molar-refractivity contribution >= 4 is 17.8 Å². The Morgan fingerprint density at radius 3 is 2.61 bits per heavy atom. The molecule has 0 aliphatic carbocycles. The van der Waals surface area contributed by atoms with Gasteiger partial charge in [0.15, 0.2) is 5.75 Å². The van der Waals surface area contributed by atoms with E-state index in [0.29, 0.717) is 5.56 Å². The number of hydrogen-bond acceptors (Lipinski definition) is 6. The number of carbonyl (C=O) groups is 1. The Balaban J connectivity index is 2.23. The van der Waals surface area contributed by atoms with Crippen molar-refractivity contribution in [2.24, 2.45) is 5.10 Å². The van der Waals surface area contributed by atoms with E-state index in [1.54, 1.807) is 30.3 Å². The van der Waals surface area contributed by atoms with Gasteiger partial charge in [0.25, 0.3) is 5.91 Å². The lowest BCUT2D eigenvalue weighted by Gasteiger charge is -2.06. The minimum atomic E-state index is -0.696. The molecule has 118 valence electrons. The quantitative estimate of drug-likeness (QED) is 0.498. The second-order valence-electron chi connectivity index (χ2n) is 4.38. The van der Waals surface area contributed by atoms with Crippen LogP contribution in [0.25, 0.3) is 0 Å². The van der Waals surface area contributed by atoms with Gasteiger partial charge in [0.2, 0.25) is 5.75 Å². The van der Waals surface area contributed by atoms with Crippen LogP contribution in [0, 0.1) is 10.1 Å². The minimum Gasteiger partial charge on any atom is -0.504 e. The predicted octanol–water partition coefficient (Wildman–Crippen LogP) is 2.07. The summed E-state index contributed by atoms with van der Waals surface area (Å²) in [4.78, 5) is 22.2. The van der Waals surface area contributed by atoms with Gasteiger partial charge in [0, 0.05) is 5.56 Å². The number of rotatable bonds is 5. The molecular weight excluding hydrogens is 302 g/mol. The maximum atomic E-state index is 11.8.